The minimum Gasteiger partial charge on any atom is -0.464 e. The molecule has 1 aromatic heterocycles. The van der Waals surface area contributed by atoms with Crippen LogP contribution in [0.5, 0.6) is 0 Å². The molecule has 3 nitrogen and oxygen atoms in total. The lowest BCUT2D eigenvalue weighted by Gasteiger charge is -2.06. The minimum atomic E-state index is -0.293. The van der Waals surface area contributed by atoms with Gasteiger partial charge in [0.2, 0.25) is 0 Å². The van der Waals surface area contributed by atoms with Crippen LogP contribution in [-0.4, -0.2) is 12.6 Å². The molecule has 0 amide bonds. The molecule has 0 unspecified atom stereocenters. The maximum absolute atomic E-state index is 11.7. The summed E-state index contributed by atoms with van der Waals surface area (Å²) in [6, 6.07) is 9.30. The van der Waals surface area contributed by atoms with Crippen LogP contribution < -0.4 is 0 Å². The van der Waals surface area contributed by atoms with Crippen LogP contribution in [0.15, 0.2) is 41.0 Å². The molecule has 2 rings (SSSR count). The van der Waals surface area contributed by atoms with E-state index in [1.165, 1.54) is 0 Å². The van der Waals surface area contributed by atoms with Crippen molar-refractivity contribution in [2.24, 2.45) is 0 Å². The Hall–Kier alpha value is -2.03. The van der Waals surface area contributed by atoms with Crippen molar-refractivity contribution in [3.05, 3.63) is 47.7 Å². The molecule has 1 aromatic carbocycles. The first kappa shape index (κ1) is 11.5. The summed E-state index contributed by atoms with van der Waals surface area (Å²) in [4.78, 5) is 11.7. The number of rotatable bonds is 3. The highest BCUT2D eigenvalue weighted by Gasteiger charge is 2.12. The van der Waals surface area contributed by atoms with Crippen molar-refractivity contribution in [3.8, 4) is 11.3 Å². The van der Waals surface area contributed by atoms with Crippen LogP contribution in [0.25, 0.3) is 11.3 Å². The highest BCUT2D eigenvalue weighted by molar-refractivity contribution is 5.92. The maximum Gasteiger partial charge on any atom is 0.338 e. The van der Waals surface area contributed by atoms with E-state index >= 15 is 0 Å². The quantitative estimate of drug-likeness (QED) is 0.758. The number of ether oxygens (including phenoxy) is 1. The summed E-state index contributed by atoms with van der Waals surface area (Å²) in [6.07, 6.45) is 1.61. The van der Waals surface area contributed by atoms with Crippen LogP contribution in [0.3, 0.4) is 0 Å². The van der Waals surface area contributed by atoms with Gasteiger partial charge in [-0.05, 0) is 37.6 Å². The Labute approximate surface area is 100 Å². The smallest absolute Gasteiger partial charge is 0.338 e. The molecular formula is C14H14O3. The fourth-order valence-electron chi connectivity index (χ4n) is 1.65. The summed E-state index contributed by atoms with van der Waals surface area (Å²) < 4.78 is 10.3. The normalized spacial score (nSPS) is 10.2. The first-order valence-corrected chi connectivity index (χ1v) is 5.54. The van der Waals surface area contributed by atoms with Gasteiger partial charge in [0, 0.05) is 5.56 Å². The van der Waals surface area contributed by atoms with E-state index < -0.39 is 0 Å². The monoisotopic (exact) mass is 230 g/mol. The molecule has 0 saturated carbocycles. The molecule has 0 aliphatic carbocycles. The molecule has 0 N–H and O–H groups in total. The van der Waals surface area contributed by atoms with E-state index in [1.807, 2.05) is 31.2 Å². The molecule has 0 atom stereocenters. The predicted molar refractivity (Wildman–Crippen MR) is 64.8 cm³/mol. The van der Waals surface area contributed by atoms with Crippen molar-refractivity contribution < 1.29 is 13.9 Å². The average Bonchev–Trinajstić information content (AvgIpc) is 2.83. The lowest BCUT2D eigenvalue weighted by molar-refractivity contribution is 0.0525. The predicted octanol–water partition coefficient (Wildman–Crippen LogP) is 3.43. The van der Waals surface area contributed by atoms with Gasteiger partial charge in [-0.15, -0.1) is 0 Å². The topological polar surface area (TPSA) is 39.4 Å². The third-order valence-corrected chi connectivity index (χ3v) is 2.54. The van der Waals surface area contributed by atoms with Gasteiger partial charge < -0.3 is 9.15 Å². The van der Waals surface area contributed by atoms with Crippen LogP contribution >= 0.6 is 0 Å². The minimum absolute atomic E-state index is 0.293. The molecule has 0 aliphatic heterocycles. The molecule has 0 spiro atoms. The van der Waals surface area contributed by atoms with Gasteiger partial charge in [0.05, 0.1) is 18.4 Å². The molecule has 0 fully saturated rings. The van der Waals surface area contributed by atoms with Crippen molar-refractivity contribution in [3.63, 3.8) is 0 Å². The Morgan fingerprint density at radius 1 is 1.35 bits per heavy atom. The van der Waals surface area contributed by atoms with E-state index in [2.05, 4.69) is 0 Å². The Morgan fingerprint density at radius 2 is 2.18 bits per heavy atom. The van der Waals surface area contributed by atoms with Gasteiger partial charge in [-0.1, -0.05) is 12.1 Å². The summed E-state index contributed by atoms with van der Waals surface area (Å²) in [7, 11) is 0. The second-order valence-corrected chi connectivity index (χ2v) is 3.73. The zero-order valence-corrected chi connectivity index (χ0v) is 9.90. The number of aryl methyl sites for hydroxylation is 1. The van der Waals surface area contributed by atoms with Gasteiger partial charge in [0.15, 0.2) is 0 Å². The SMILES string of the molecule is CCOC(=O)c1cc(-c2ccco2)ccc1C. The highest BCUT2D eigenvalue weighted by atomic mass is 16.5. The van der Waals surface area contributed by atoms with Crippen LogP contribution in [-0.2, 0) is 4.74 Å². The van der Waals surface area contributed by atoms with Crippen LogP contribution in [0.1, 0.15) is 22.8 Å². The molecular weight excluding hydrogens is 216 g/mol. The van der Waals surface area contributed by atoms with E-state index in [0.717, 1.165) is 16.9 Å². The van der Waals surface area contributed by atoms with Gasteiger partial charge in [0.1, 0.15) is 5.76 Å². The van der Waals surface area contributed by atoms with E-state index in [-0.39, 0.29) is 5.97 Å². The van der Waals surface area contributed by atoms with Gasteiger partial charge in [-0.25, -0.2) is 4.79 Å². The summed E-state index contributed by atoms with van der Waals surface area (Å²) in [5, 5.41) is 0. The highest BCUT2D eigenvalue weighted by Crippen LogP contribution is 2.23. The van der Waals surface area contributed by atoms with Gasteiger partial charge in [-0.3, -0.25) is 0 Å². The first-order valence-electron chi connectivity index (χ1n) is 5.54. The zero-order chi connectivity index (χ0) is 12.3. The van der Waals surface area contributed by atoms with Gasteiger partial charge >= 0.3 is 5.97 Å². The number of esters is 1. The lowest BCUT2D eigenvalue weighted by Crippen LogP contribution is -2.06. The number of carbonyl (C=O) groups excluding carboxylic acids is 1. The van der Waals surface area contributed by atoms with Crippen molar-refractivity contribution in [2.75, 3.05) is 6.61 Å². The second-order valence-electron chi connectivity index (χ2n) is 3.73. The molecule has 0 radical (unpaired) electrons. The van der Waals surface area contributed by atoms with Crippen molar-refractivity contribution in [2.45, 2.75) is 13.8 Å². The maximum atomic E-state index is 11.7. The molecule has 2 aromatic rings. The molecule has 1 heterocycles. The van der Waals surface area contributed by atoms with Crippen LogP contribution in [0, 0.1) is 6.92 Å². The molecule has 0 bridgehead atoms. The Kier molecular flexibility index (Phi) is 3.28. The molecule has 0 aliphatic rings. The van der Waals surface area contributed by atoms with Crippen LogP contribution in [0.2, 0.25) is 0 Å². The standard InChI is InChI=1S/C14H14O3/c1-3-16-14(15)12-9-11(7-6-10(12)2)13-5-4-8-17-13/h4-9H,3H2,1-2H3. The zero-order valence-electron chi connectivity index (χ0n) is 9.90. The number of hydrogen-bond donors (Lipinski definition) is 0. The van der Waals surface area contributed by atoms with Crippen molar-refractivity contribution >= 4 is 5.97 Å². The van der Waals surface area contributed by atoms with Crippen LogP contribution in [0.4, 0.5) is 0 Å². The lowest BCUT2D eigenvalue weighted by atomic mass is 10.0. The summed E-state index contributed by atoms with van der Waals surface area (Å²) in [5.74, 6) is 0.453. The third kappa shape index (κ3) is 2.38. The van der Waals surface area contributed by atoms with Crippen molar-refractivity contribution in [1.29, 1.82) is 0 Å². The number of hydrogen-bond acceptors (Lipinski definition) is 3. The fourth-order valence-corrected chi connectivity index (χ4v) is 1.65. The van der Waals surface area contributed by atoms with Gasteiger partial charge in [-0.2, -0.15) is 0 Å². The molecule has 17 heavy (non-hydrogen) atoms. The summed E-state index contributed by atoms with van der Waals surface area (Å²) in [6.45, 7) is 4.06. The number of furan rings is 1. The summed E-state index contributed by atoms with van der Waals surface area (Å²) in [5.41, 5.74) is 2.36. The Bertz CT molecular complexity index is 512. The van der Waals surface area contributed by atoms with E-state index in [1.54, 1.807) is 19.3 Å². The van der Waals surface area contributed by atoms with E-state index in [4.69, 9.17) is 9.15 Å². The van der Waals surface area contributed by atoms with Crippen molar-refractivity contribution in [1.82, 2.24) is 0 Å². The largest absolute Gasteiger partial charge is 0.464 e. The number of benzene rings is 1. The fraction of sp³-hybridized carbons (Fsp3) is 0.214. The number of carbonyl (C=O) groups is 1. The summed E-state index contributed by atoms with van der Waals surface area (Å²) >= 11 is 0. The molecule has 0 saturated heterocycles. The molecule has 3 heteroatoms. The Balaban J connectivity index is 2.39. The second kappa shape index (κ2) is 4.87. The first-order chi connectivity index (χ1) is 8.22. The van der Waals surface area contributed by atoms with Gasteiger partial charge in [0.25, 0.3) is 0 Å². The average molecular weight is 230 g/mol. The molecule has 88 valence electrons. The Morgan fingerprint density at radius 3 is 2.82 bits per heavy atom. The third-order valence-electron chi connectivity index (χ3n) is 2.54. The van der Waals surface area contributed by atoms with E-state index in [0.29, 0.717) is 12.2 Å². The van der Waals surface area contributed by atoms with E-state index in [9.17, 15) is 4.79 Å².